The molecule has 4 bridgehead atoms. The van der Waals surface area contributed by atoms with Crippen molar-refractivity contribution < 1.29 is 19.4 Å². The third-order valence-corrected chi connectivity index (χ3v) is 6.57. The van der Waals surface area contributed by atoms with Gasteiger partial charge in [0.1, 0.15) is 12.7 Å². The molecule has 5 aliphatic rings. The van der Waals surface area contributed by atoms with Crippen LogP contribution in [0.3, 0.4) is 0 Å². The topological polar surface area (TPSA) is 67.8 Å². The zero-order valence-electron chi connectivity index (χ0n) is 14.4. The van der Waals surface area contributed by atoms with Crippen molar-refractivity contribution in [2.45, 2.75) is 50.2 Å². The Morgan fingerprint density at radius 2 is 1.88 bits per heavy atom. The molecule has 25 heavy (non-hydrogen) atoms. The quantitative estimate of drug-likeness (QED) is 0.883. The number of aliphatic hydroxyl groups is 1. The molecule has 4 saturated carbocycles. The van der Waals surface area contributed by atoms with E-state index >= 15 is 0 Å². The van der Waals surface area contributed by atoms with Gasteiger partial charge in [-0.05, 0) is 62.5 Å². The van der Waals surface area contributed by atoms with Crippen molar-refractivity contribution in [2.75, 3.05) is 13.2 Å². The van der Waals surface area contributed by atoms with Crippen LogP contribution in [0.15, 0.2) is 24.3 Å². The minimum absolute atomic E-state index is 0.0995. The minimum atomic E-state index is -0.606. The summed E-state index contributed by atoms with van der Waals surface area (Å²) in [6.45, 7) is 0.891. The summed E-state index contributed by atoms with van der Waals surface area (Å²) in [5, 5.41) is 13.9. The molecular formula is C20H25NO4. The second-order valence-corrected chi connectivity index (χ2v) is 8.67. The SMILES string of the molecule is O=C(NC[C@@H]1COc2ccccc2O1)C12C[C@H]3C[C@@H](CC(O)(C3)C1)C2. The molecule has 5 nitrogen and oxygen atoms in total. The van der Waals surface area contributed by atoms with Gasteiger partial charge in [0, 0.05) is 0 Å². The van der Waals surface area contributed by atoms with Crippen LogP contribution in [0.1, 0.15) is 38.5 Å². The summed E-state index contributed by atoms with van der Waals surface area (Å²) >= 11 is 0. The number of rotatable bonds is 3. The van der Waals surface area contributed by atoms with Crippen LogP contribution in [0.5, 0.6) is 11.5 Å². The largest absolute Gasteiger partial charge is 0.486 e. The van der Waals surface area contributed by atoms with Gasteiger partial charge in [0.2, 0.25) is 5.91 Å². The molecule has 4 aliphatic carbocycles. The molecule has 0 saturated heterocycles. The molecule has 0 spiro atoms. The smallest absolute Gasteiger partial charge is 0.226 e. The van der Waals surface area contributed by atoms with Crippen molar-refractivity contribution in [1.82, 2.24) is 5.32 Å². The van der Waals surface area contributed by atoms with Gasteiger partial charge in [0.05, 0.1) is 17.6 Å². The van der Waals surface area contributed by atoms with Crippen molar-refractivity contribution >= 4 is 5.91 Å². The van der Waals surface area contributed by atoms with Gasteiger partial charge in [-0.25, -0.2) is 0 Å². The molecule has 0 aromatic heterocycles. The van der Waals surface area contributed by atoms with Crippen molar-refractivity contribution in [3.63, 3.8) is 0 Å². The third kappa shape index (κ3) is 2.60. The molecule has 3 atom stereocenters. The highest BCUT2D eigenvalue weighted by molar-refractivity contribution is 5.83. The first-order chi connectivity index (χ1) is 12.0. The molecule has 1 heterocycles. The van der Waals surface area contributed by atoms with Crippen LogP contribution in [0, 0.1) is 17.3 Å². The molecule has 0 radical (unpaired) electrons. The monoisotopic (exact) mass is 343 g/mol. The van der Waals surface area contributed by atoms with Gasteiger partial charge in [-0.1, -0.05) is 12.1 Å². The van der Waals surface area contributed by atoms with E-state index in [0.717, 1.165) is 37.2 Å². The summed E-state index contributed by atoms with van der Waals surface area (Å²) in [6.07, 6.45) is 5.28. The number of amides is 1. The van der Waals surface area contributed by atoms with Crippen LogP contribution in [0.25, 0.3) is 0 Å². The van der Waals surface area contributed by atoms with E-state index in [1.165, 1.54) is 6.42 Å². The Morgan fingerprint density at radius 3 is 2.60 bits per heavy atom. The maximum atomic E-state index is 13.0. The Bertz CT molecular complexity index is 689. The molecular weight excluding hydrogens is 318 g/mol. The predicted molar refractivity (Wildman–Crippen MR) is 91.4 cm³/mol. The number of carbonyl (C=O) groups excluding carboxylic acids is 1. The van der Waals surface area contributed by atoms with Gasteiger partial charge >= 0.3 is 0 Å². The fourth-order valence-corrected chi connectivity index (χ4v) is 6.04. The third-order valence-electron chi connectivity index (χ3n) is 6.57. The zero-order valence-corrected chi connectivity index (χ0v) is 14.4. The number of nitrogens with one attached hydrogen (secondary N) is 1. The number of carbonyl (C=O) groups is 1. The first kappa shape index (κ1) is 15.5. The Kier molecular flexibility index (Phi) is 3.33. The summed E-state index contributed by atoms with van der Waals surface area (Å²) in [6, 6.07) is 7.61. The van der Waals surface area contributed by atoms with Crippen LogP contribution < -0.4 is 14.8 Å². The standard InChI is InChI=1S/C20H25NO4/c22-18(19-6-13-5-14(7-19)9-20(23,8-13)12-19)21-10-15-11-24-16-3-1-2-4-17(16)25-15/h1-4,13-15,23H,5-12H2,(H,21,22)/t13-,14-,15-,19?,20?/m1/s1. The zero-order chi connectivity index (χ0) is 17.1. The lowest BCUT2D eigenvalue weighted by atomic mass is 9.47. The van der Waals surface area contributed by atoms with E-state index in [2.05, 4.69) is 5.32 Å². The highest BCUT2D eigenvalue weighted by Gasteiger charge is 2.60. The first-order valence-electron chi connectivity index (χ1n) is 9.43. The van der Waals surface area contributed by atoms with Gasteiger partial charge in [-0.2, -0.15) is 0 Å². The van der Waals surface area contributed by atoms with E-state index in [0.29, 0.717) is 31.4 Å². The number of benzene rings is 1. The van der Waals surface area contributed by atoms with Crippen LogP contribution >= 0.6 is 0 Å². The molecule has 2 N–H and O–H groups in total. The molecule has 1 aromatic rings. The number of para-hydroxylation sites is 2. The maximum absolute atomic E-state index is 13.0. The van der Waals surface area contributed by atoms with Gasteiger partial charge in [0.25, 0.3) is 0 Å². The predicted octanol–water partition coefficient (Wildman–Crippen LogP) is 2.27. The number of hydrogen-bond donors (Lipinski definition) is 2. The fraction of sp³-hybridized carbons (Fsp3) is 0.650. The summed E-state index contributed by atoms with van der Waals surface area (Å²) in [5.74, 6) is 2.62. The van der Waals surface area contributed by atoms with Crippen LogP contribution in [0.4, 0.5) is 0 Å². The summed E-state index contributed by atoms with van der Waals surface area (Å²) in [7, 11) is 0. The molecule has 5 heteroatoms. The lowest BCUT2D eigenvalue weighted by Crippen LogP contribution is -2.60. The summed E-state index contributed by atoms with van der Waals surface area (Å²) in [4.78, 5) is 13.0. The molecule has 1 aliphatic heterocycles. The van der Waals surface area contributed by atoms with Crippen molar-refractivity contribution in [2.24, 2.45) is 17.3 Å². The lowest BCUT2D eigenvalue weighted by Gasteiger charge is -2.59. The molecule has 4 fully saturated rings. The second-order valence-electron chi connectivity index (χ2n) is 8.67. The second kappa shape index (κ2) is 5.37. The van der Waals surface area contributed by atoms with E-state index in [9.17, 15) is 9.90 Å². The van der Waals surface area contributed by atoms with Crippen molar-refractivity contribution in [3.8, 4) is 11.5 Å². The number of fused-ring (bicyclic) bond motifs is 1. The Balaban J connectivity index is 1.24. The fourth-order valence-electron chi connectivity index (χ4n) is 6.04. The van der Waals surface area contributed by atoms with E-state index in [1.54, 1.807) is 0 Å². The van der Waals surface area contributed by atoms with E-state index in [4.69, 9.17) is 9.47 Å². The highest BCUT2D eigenvalue weighted by Crippen LogP contribution is 2.61. The van der Waals surface area contributed by atoms with Crippen LogP contribution in [-0.2, 0) is 4.79 Å². The normalized spacial score (nSPS) is 40.8. The van der Waals surface area contributed by atoms with Crippen molar-refractivity contribution in [3.05, 3.63) is 24.3 Å². The van der Waals surface area contributed by atoms with Gasteiger partial charge in [-0.15, -0.1) is 0 Å². The Labute approximate surface area is 147 Å². The molecule has 6 rings (SSSR count). The van der Waals surface area contributed by atoms with Crippen LogP contribution in [0.2, 0.25) is 0 Å². The molecule has 134 valence electrons. The Morgan fingerprint density at radius 1 is 1.16 bits per heavy atom. The van der Waals surface area contributed by atoms with Gasteiger partial charge < -0.3 is 19.9 Å². The van der Waals surface area contributed by atoms with Gasteiger partial charge in [-0.3, -0.25) is 4.79 Å². The molecule has 1 amide bonds. The molecule has 1 aromatic carbocycles. The van der Waals surface area contributed by atoms with E-state index in [1.807, 2.05) is 24.3 Å². The number of ether oxygens (including phenoxy) is 2. The average molecular weight is 343 g/mol. The van der Waals surface area contributed by atoms with Gasteiger partial charge in [0.15, 0.2) is 11.5 Å². The summed E-state index contributed by atoms with van der Waals surface area (Å²) < 4.78 is 11.6. The minimum Gasteiger partial charge on any atom is -0.486 e. The first-order valence-corrected chi connectivity index (χ1v) is 9.43. The average Bonchev–Trinajstić information content (AvgIpc) is 2.57. The molecule has 0 unspecified atom stereocenters. The Hall–Kier alpha value is -1.75. The number of hydrogen-bond acceptors (Lipinski definition) is 4. The van der Waals surface area contributed by atoms with Crippen molar-refractivity contribution in [1.29, 1.82) is 0 Å². The van der Waals surface area contributed by atoms with Crippen LogP contribution in [-0.4, -0.2) is 35.9 Å². The maximum Gasteiger partial charge on any atom is 0.226 e. The van der Waals surface area contributed by atoms with E-state index in [-0.39, 0.29) is 17.4 Å². The lowest BCUT2D eigenvalue weighted by molar-refractivity contribution is -0.178. The highest BCUT2D eigenvalue weighted by atomic mass is 16.6. The van der Waals surface area contributed by atoms with E-state index < -0.39 is 5.60 Å². The summed E-state index contributed by atoms with van der Waals surface area (Å²) in [5.41, 5.74) is -0.975.